The predicted molar refractivity (Wildman–Crippen MR) is 268 cm³/mol. The molecule has 0 unspecified atom stereocenters. The molecule has 0 N–H and O–H groups in total. The molecule has 0 bridgehead atoms. The number of hydrogen-bond donors (Lipinski definition) is 0. The molecule has 0 heterocycles. The second kappa shape index (κ2) is 14.1. The van der Waals surface area contributed by atoms with Gasteiger partial charge in [-0.15, -0.1) is 0 Å². The summed E-state index contributed by atoms with van der Waals surface area (Å²) in [6.45, 7) is 4.81. The van der Waals surface area contributed by atoms with Crippen molar-refractivity contribution in [2.24, 2.45) is 0 Å². The minimum atomic E-state index is -2.59. The molecule has 0 amide bonds. The molecule has 1 aliphatic carbocycles. The van der Waals surface area contributed by atoms with Gasteiger partial charge in [-0.1, -0.05) is 232 Å². The molecule has 0 atom stereocenters. The van der Waals surface area contributed by atoms with Gasteiger partial charge < -0.3 is 0 Å². The van der Waals surface area contributed by atoms with E-state index in [4.69, 9.17) is 0 Å². The molecule has 1 heteroatoms. The molecule has 12 rings (SSSR count). The van der Waals surface area contributed by atoms with Crippen LogP contribution in [0.2, 0.25) is 0 Å². The van der Waals surface area contributed by atoms with Crippen molar-refractivity contribution < 1.29 is 0 Å². The summed E-state index contributed by atoms with van der Waals surface area (Å²) in [5, 5.41) is 13.5. The van der Waals surface area contributed by atoms with E-state index in [2.05, 4.69) is 244 Å². The summed E-state index contributed by atoms with van der Waals surface area (Å²) in [4.78, 5) is 0. The molecular formula is C61H44Si. The van der Waals surface area contributed by atoms with Crippen LogP contribution in [0, 0.1) is 0 Å². The Hall–Kier alpha value is -7.32. The lowest BCUT2D eigenvalue weighted by Crippen LogP contribution is -2.74. The summed E-state index contributed by atoms with van der Waals surface area (Å²) in [5.74, 6) is 0. The van der Waals surface area contributed by atoms with Crippen molar-refractivity contribution in [3.05, 3.63) is 242 Å². The van der Waals surface area contributed by atoms with Crippen LogP contribution in [-0.2, 0) is 5.41 Å². The van der Waals surface area contributed by atoms with Crippen LogP contribution in [0.4, 0.5) is 0 Å². The standard InChI is InChI=1S/C61H44Si/c1-61(2)57-39-45(41-23-31-50(32-24-41)62(47-17-9-4-10-18-47,48-19-11-5-12-20-48)49-21-13-6-14-22-49)29-35-53(57)54-36-30-46(40-58(54)61)52-34-26-44-27-37-55-51(42-15-7-3-8-16-42)33-25-43-28-38-56(52)60(44)59(43)55/h3-40H,1-2H3. The lowest BCUT2D eigenvalue weighted by molar-refractivity contribution is 0.661. The van der Waals surface area contributed by atoms with Gasteiger partial charge in [-0.2, -0.15) is 0 Å². The van der Waals surface area contributed by atoms with Gasteiger partial charge in [0.2, 0.25) is 0 Å². The lowest BCUT2D eigenvalue weighted by atomic mass is 9.80. The fourth-order valence-corrected chi connectivity index (χ4v) is 15.7. The summed E-state index contributed by atoms with van der Waals surface area (Å²) in [5.41, 5.74) is 12.9. The van der Waals surface area contributed by atoms with Crippen molar-refractivity contribution in [3.63, 3.8) is 0 Å². The van der Waals surface area contributed by atoms with Gasteiger partial charge >= 0.3 is 0 Å². The number of benzene rings is 11. The van der Waals surface area contributed by atoms with E-state index < -0.39 is 8.07 Å². The van der Waals surface area contributed by atoms with E-state index in [9.17, 15) is 0 Å². The number of fused-ring (bicyclic) bond motifs is 3. The van der Waals surface area contributed by atoms with Gasteiger partial charge in [-0.05, 0) is 121 Å². The fraction of sp³-hybridized carbons (Fsp3) is 0.0492. The zero-order chi connectivity index (χ0) is 41.4. The van der Waals surface area contributed by atoms with Gasteiger partial charge in [0.05, 0.1) is 0 Å². The minimum Gasteiger partial charge on any atom is -0.0623 e. The third kappa shape index (κ3) is 5.45. The lowest BCUT2D eigenvalue weighted by Gasteiger charge is -2.34. The first-order valence-electron chi connectivity index (χ1n) is 21.8. The molecule has 0 radical (unpaired) electrons. The highest BCUT2D eigenvalue weighted by Gasteiger charge is 2.41. The molecule has 0 fully saturated rings. The maximum atomic E-state index is 2.48. The zero-order valence-corrected chi connectivity index (χ0v) is 35.9. The average Bonchev–Trinajstić information content (AvgIpc) is 3.57. The monoisotopic (exact) mass is 804 g/mol. The third-order valence-electron chi connectivity index (χ3n) is 14.0. The van der Waals surface area contributed by atoms with Gasteiger partial charge in [0.1, 0.15) is 0 Å². The van der Waals surface area contributed by atoms with Crippen LogP contribution in [0.15, 0.2) is 231 Å². The molecule has 11 aromatic rings. The van der Waals surface area contributed by atoms with Crippen molar-refractivity contribution in [1.29, 1.82) is 0 Å². The predicted octanol–water partition coefficient (Wildman–Crippen LogP) is 13.3. The summed E-state index contributed by atoms with van der Waals surface area (Å²) in [6, 6.07) is 86.7. The van der Waals surface area contributed by atoms with Crippen molar-refractivity contribution in [2.45, 2.75) is 19.3 Å². The maximum Gasteiger partial charge on any atom is 0.179 e. The molecule has 0 nitrogen and oxygen atoms in total. The molecule has 0 spiro atoms. The topological polar surface area (TPSA) is 0 Å². The van der Waals surface area contributed by atoms with Crippen LogP contribution in [0.3, 0.4) is 0 Å². The Labute approximate surface area is 364 Å². The van der Waals surface area contributed by atoms with E-state index >= 15 is 0 Å². The summed E-state index contributed by atoms with van der Waals surface area (Å²) < 4.78 is 0. The van der Waals surface area contributed by atoms with E-state index in [0.29, 0.717) is 0 Å². The summed E-state index contributed by atoms with van der Waals surface area (Å²) in [7, 11) is -2.59. The van der Waals surface area contributed by atoms with Crippen LogP contribution < -0.4 is 20.7 Å². The smallest absolute Gasteiger partial charge is 0.0623 e. The largest absolute Gasteiger partial charge is 0.179 e. The minimum absolute atomic E-state index is 0.166. The van der Waals surface area contributed by atoms with Gasteiger partial charge in [0.15, 0.2) is 8.07 Å². The fourth-order valence-electron chi connectivity index (χ4n) is 11.0. The second-order valence-electron chi connectivity index (χ2n) is 17.6. The molecule has 0 saturated carbocycles. The molecule has 292 valence electrons. The van der Waals surface area contributed by atoms with Crippen molar-refractivity contribution in [3.8, 4) is 44.5 Å². The van der Waals surface area contributed by atoms with E-state index in [1.807, 2.05) is 0 Å². The highest BCUT2D eigenvalue weighted by atomic mass is 28.3. The normalized spacial score (nSPS) is 13.1. The summed E-state index contributed by atoms with van der Waals surface area (Å²) in [6.07, 6.45) is 0. The first-order valence-corrected chi connectivity index (χ1v) is 23.8. The first-order chi connectivity index (χ1) is 30.5. The van der Waals surface area contributed by atoms with E-state index in [1.165, 1.54) is 109 Å². The van der Waals surface area contributed by atoms with Crippen molar-refractivity contribution in [1.82, 2.24) is 0 Å². The second-order valence-corrected chi connectivity index (χ2v) is 21.4. The SMILES string of the molecule is CC1(C)c2cc(-c3ccc([Si](c4ccccc4)(c4ccccc4)c4ccccc4)cc3)ccc2-c2ccc(-c3ccc4ccc5c(-c6ccccc6)ccc6ccc3c4c65)cc21. The Morgan fingerprint density at radius 1 is 0.290 bits per heavy atom. The highest BCUT2D eigenvalue weighted by molar-refractivity contribution is 7.19. The van der Waals surface area contributed by atoms with E-state index in [-0.39, 0.29) is 5.41 Å². The van der Waals surface area contributed by atoms with E-state index in [0.717, 1.165) is 0 Å². The third-order valence-corrected chi connectivity index (χ3v) is 18.8. The molecular weight excluding hydrogens is 761 g/mol. The first kappa shape index (κ1) is 36.5. The highest BCUT2D eigenvalue weighted by Crippen LogP contribution is 2.51. The van der Waals surface area contributed by atoms with Crippen LogP contribution in [0.1, 0.15) is 25.0 Å². The summed E-state index contributed by atoms with van der Waals surface area (Å²) >= 11 is 0. The molecule has 0 saturated heterocycles. The van der Waals surface area contributed by atoms with Gasteiger partial charge in [-0.25, -0.2) is 0 Å². The van der Waals surface area contributed by atoms with Crippen molar-refractivity contribution in [2.75, 3.05) is 0 Å². The zero-order valence-electron chi connectivity index (χ0n) is 34.9. The molecule has 62 heavy (non-hydrogen) atoms. The Morgan fingerprint density at radius 3 is 1.16 bits per heavy atom. The maximum absolute atomic E-state index is 2.59. The molecule has 0 aromatic heterocycles. The van der Waals surface area contributed by atoms with Gasteiger partial charge in [0.25, 0.3) is 0 Å². The van der Waals surface area contributed by atoms with Crippen LogP contribution >= 0.6 is 0 Å². The van der Waals surface area contributed by atoms with Crippen LogP contribution in [0.25, 0.3) is 76.8 Å². The number of rotatable bonds is 7. The Bertz CT molecular complexity index is 3340. The quantitative estimate of drug-likeness (QED) is 0.0855. The Morgan fingerprint density at radius 2 is 0.661 bits per heavy atom. The van der Waals surface area contributed by atoms with Gasteiger partial charge in [-0.3, -0.25) is 0 Å². The Balaban J connectivity index is 0.932. The average molecular weight is 805 g/mol. The Kier molecular flexibility index (Phi) is 8.32. The molecule has 0 aliphatic heterocycles. The van der Waals surface area contributed by atoms with Crippen LogP contribution in [0.5, 0.6) is 0 Å². The van der Waals surface area contributed by atoms with E-state index in [1.54, 1.807) is 0 Å². The number of hydrogen-bond acceptors (Lipinski definition) is 0. The van der Waals surface area contributed by atoms with Crippen LogP contribution in [-0.4, -0.2) is 8.07 Å². The molecule has 11 aromatic carbocycles. The van der Waals surface area contributed by atoms with Gasteiger partial charge in [0, 0.05) is 5.41 Å². The van der Waals surface area contributed by atoms with Crippen molar-refractivity contribution >= 4 is 61.1 Å². The molecule has 1 aliphatic rings.